The van der Waals surface area contributed by atoms with Crippen LogP contribution in [0.2, 0.25) is 0 Å². The zero-order valence-electron chi connectivity index (χ0n) is 12.4. The molecule has 0 aromatic heterocycles. The summed E-state index contributed by atoms with van der Waals surface area (Å²) in [4.78, 5) is 14.6. The van der Waals surface area contributed by atoms with Crippen molar-refractivity contribution in [3.05, 3.63) is 29.8 Å². The number of carbonyl (C=O) groups is 1. The minimum absolute atomic E-state index is 0.0968. The summed E-state index contributed by atoms with van der Waals surface area (Å²) in [7, 11) is 0. The van der Waals surface area contributed by atoms with Crippen LogP contribution in [0.1, 0.15) is 31.4 Å². The van der Waals surface area contributed by atoms with Crippen LogP contribution in [0.5, 0.6) is 0 Å². The van der Waals surface area contributed by atoms with Gasteiger partial charge in [-0.2, -0.15) is 0 Å². The second kappa shape index (κ2) is 6.03. The highest BCUT2D eigenvalue weighted by Gasteiger charge is 2.35. The van der Waals surface area contributed by atoms with E-state index >= 15 is 0 Å². The first-order valence-corrected chi connectivity index (χ1v) is 7.64. The van der Waals surface area contributed by atoms with Crippen molar-refractivity contribution in [3.8, 4) is 0 Å². The first-order chi connectivity index (χ1) is 10.1. The minimum Gasteiger partial charge on any atom is -0.399 e. The molecular weight excluding hydrogens is 266 g/mol. The maximum Gasteiger partial charge on any atom is 0.239 e. The Bertz CT molecular complexity index is 499. The molecular formula is C16H23N3O2. The zero-order valence-corrected chi connectivity index (χ0v) is 12.4. The number of hydrogen-bond donors (Lipinski definition) is 2. The number of nitrogens with zero attached hydrogens (tertiary/aromatic N) is 1. The van der Waals surface area contributed by atoms with E-state index in [0.717, 1.165) is 25.1 Å². The van der Waals surface area contributed by atoms with E-state index in [-0.39, 0.29) is 18.0 Å². The number of hydrogen-bond acceptors (Lipinski definition) is 4. The fraction of sp³-hybridized carbons (Fsp3) is 0.562. The van der Waals surface area contributed by atoms with E-state index in [9.17, 15) is 4.79 Å². The van der Waals surface area contributed by atoms with Crippen LogP contribution in [0.3, 0.4) is 0 Å². The van der Waals surface area contributed by atoms with Gasteiger partial charge in [-0.3, -0.25) is 9.69 Å². The van der Waals surface area contributed by atoms with Crippen LogP contribution >= 0.6 is 0 Å². The van der Waals surface area contributed by atoms with Crippen molar-refractivity contribution >= 4 is 11.6 Å². The molecule has 2 aliphatic rings. The monoisotopic (exact) mass is 289 g/mol. The molecule has 1 saturated carbocycles. The second-order valence-electron chi connectivity index (χ2n) is 5.95. The van der Waals surface area contributed by atoms with Crippen molar-refractivity contribution < 1.29 is 9.53 Å². The molecule has 3 rings (SSSR count). The maximum absolute atomic E-state index is 12.4. The van der Waals surface area contributed by atoms with Crippen molar-refractivity contribution in [2.24, 2.45) is 0 Å². The maximum atomic E-state index is 12.4. The van der Waals surface area contributed by atoms with Gasteiger partial charge >= 0.3 is 0 Å². The highest BCUT2D eigenvalue weighted by atomic mass is 16.5. The van der Waals surface area contributed by atoms with E-state index < -0.39 is 0 Å². The lowest BCUT2D eigenvalue weighted by atomic mass is 10.0. The molecule has 1 aliphatic carbocycles. The van der Waals surface area contributed by atoms with Gasteiger partial charge in [-0.1, -0.05) is 12.1 Å². The Kier molecular flexibility index (Phi) is 4.12. The van der Waals surface area contributed by atoms with Gasteiger partial charge in [0.1, 0.15) is 6.04 Å². The lowest BCUT2D eigenvalue weighted by molar-refractivity contribution is -0.134. The number of nitrogens with one attached hydrogen (secondary N) is 1. The topological polar surface area (TPSA) is 67.6 Å². The summed E-state index contributed by atoms with van der Waals surface area (Å²) in [5, 5.41) is 3.09. The summed E-state index contributed by atoms with van der Waals surface area (Å²) in [5.41, 5.74) is 7.68. The molecule has 0 bridgehead atoms. The molecule has 1 aromatic carbocycles. The highest BCUT2D eigenvalue weighted by Crippen LogP contribution is 2.26. The van der Waals surface area contributed by atoms with Gasteiger partial charge in [0.25, 0.3) is 0 Å². The second-order valence-corrected chi connectivity index (χ2v) is 5.95. The fourth-order valence-electron chi connectivity index (χ4n) is 2.80. The van der Waals surface area contributed by atoms with Crippen molar-refractivity contribution in [2.75, 3.05) is 25.5 Å². The normalized spacial score (nSPS) is 24.5. The lowest BCUT2D eigenvalue weighted by Crippen LogP contribution is -2.54. The Balaban J connectivity index is 1.72. The average Bonchev–Trinajstić information content (AvgIpc) is 3.31. The number of rotatable bonds is 4. The molecule has 5 heteroatoms. The first kappa shape index (κ1) is 14.4. The van der Waals surface area contributed by atoms with Crippen LogP contribution in [0.15, 0.2) is 24.3 Å². The van der Waals surface area contributed by atoms with E-state index in [1.165, 1.54) is 5.56 Å². The fourth-order valence-corrected chi connectivity index (χ4v) is 2.80. The van der Waals surface area contributed by atoms with Gasteiger partial charge in [-0.05, 0) is 37.5 Å². The molecule has 114 valence electrons. The molecule has 2 atom stereocenters. The van der Waals surface area contributed by atoms with Crippen LogP contribution in [0, 0.1) is 0 Å². The molecule has 2 unspecified atom stereocenters. The summed E-state index contributed by atoms with van der Waals surface area (Å²) in [6.45, 7) is 4.05. The standard InChI is InChI=1S/C16H23N3O2/c1-11(12-2-4-13(17)5-3-12)19-8-9-21-10-15(19)16(20)18-14-6-7-14/h2-5,11,14-15H,6-10,17H2,1H3,(H,18,20). The van der Waals surface area contributed by atoms with Gasteiger partial charge in [0.15, 0.2) is 0 Å². The van der Waals surface area contributed by atoms with Gasteiger partial charge < -0.3 is 15.8 Å². The quantitative estimate of drug-likeness (QED) is 0.820. The molecule has 1 saturated heterocycles. The largest absolute Gasteiger partial charge is 0.399 e. The number of nitrogens with two attached hydrogens (primary N) is 1. The third-order valence-corrected chi connectivity index (χ3v) is 4.31. The number of morpholine rings is 1. The van der Waals surface area contributed by atoms with Gasteiger partial charge in [0, 0.05) is 24.3 Å². The molecule has 0 spiro atoms. The number of amides is 1. The molecule has 0 radical (unpaired) electrons. The molecule has 1 amide bonds. The predicted molar refractivity (Wildman–Crippen MR) is 81.7 cm³/mol. The van der Waals surface area contributed by atoms with Crippen LogP contribution in [0.25, 0.3) is 0 Å². The molecule has 5 nitrogen and oxygen atoms in total. The van der Waals surface area contributed by atoms with Crippen molar-refractivity contribution in [3.63, 3.8) is 0 Å². The summed E-state index contributed by atoms with van der Waals surface area (Å²) in [6, 6.07) is 8.23. The molecule has 21 heavy (non-hydrogen) atoms. The summed E-state index contributed by atoms with van der Waals surface area (Å²) in [5.74, 6) is 0.0968. The average molecular weight is 289 g/mol. The summed E-state index contributed by atoms with van der Waals surface area (Å²) < 4.78 is 5.52. The van der Waals surface area contributed by atoms with Gasteiger partial charge in [0.05, 0.1) is 13.2 Å². The van der Waals surface area contributed by atoms with Crippen LogP contribution < -0.4 is 11.1 Å². The van der Waals surface area contributed by atoms with E-state index in [1.807, 2.05) is 24.3 Å². The minimum atomic E-state index is -0.202. The smallest absolute Gasteiger partial charge is 0.239 e. The predicted octanol–water partition coefficient (Wildman–Crippen LogP) is 1.31. The van der Waals surface area contributed by atoms with Crippen LogP contribution in [-0.4, -0.2) is 42.6 Å². The summed E-state index contributed by atoms with van der Waals surface area (Å²) in [6.07, 6.45) is 2.21. The molecule has 1 heterocycles. The van der Waals surface area contributed by atoms with E-state index in [1.54, 1.807) is 0 Å². The third-order valence-electron chi connectivity index (χ3n) is 4.31. The van der Waals surface area contributed by atoms with Crippen LogP contribution in [0.4, 0.5) is 5.69 Å². The Morgan fingerprint density at radius 2 is 2.10 bits per heavy atom. The van der Waals surface area contributed by atoms with Crippen molar-refractivity contribution in [1.82, 2.24) is 10.2 Å². The number of benzene rings is 1. The lowest BCUT2D eigenvalue weighted by Gasteiger charge is -2.39. The third kappa shape index (κ3) is 3.36. The van der Waals surface area contributed by atoms with Gasteiger partial charge in [0.2, 0.25) is 5.91 Å². The number of nitrogen functional groups attached to an aromatic ring is 1. The Labute approximate surface area is 125 Å². The van der Waals surface area contributed by atoms with Gasteiger partial charge in [-0.25, -0.2) is 0 Å². The van der Waals surface area contributed by atoms with Crippen molar-refractivity contribution in [1.29, 1.82) is 0 Å². The Morgan fingerprint density at radius 1 is 1.38 bits per heavy atom. The Morgan fingerprint density at radius 3 is 2.76 bits per heavy atom. The first-order valence-electron chi connectivity index (χ1n) is 7.64. The summed E-state index contributed by atoms with van der Waals surface area (Å²) >= 11 is 0. The number of ether oxygens (including phenoxy) is 1. The molecule has 2 fully saturated rings. The van der Waals surface area contributed by atoms with E-state index in [0.29, 0.717) is 19.3 Å². The Hall–Kier alpha value is -1.59. The van der Waals surface area contributed by atoms with Crippen LogP contribution in [-0.2, 0) is 9.53 Å². The molecule has 1 aliphatic heterocycles. The van der Waals surface area contributed by atoms with Crippen molar-refractivity contribution in [2.45, 2.75) is 37.9 Å². The molecule has 3 N–H and O–H groups in total. The number of carbonyl (C=O) groups excluding carboxylic acids is 1. The SMILES string of the molecule is CC(c1ccc(N)cc1)N1CCOCC1C(=O)NC1CC1. The highest BCUT2D eigenvalue weighted by molar-refractivity contribution is 5.82. The van der Waals surface area contributed by atoms with E-state index in [4.69, 9.17) is 10.5 Å². The van der Waals surface area contributed by atoms with Gasteiger partial charge in [-0.15, -0.1) is 0 Å². The zero-order chi connectivity index (χ0) is 14.8. The molecule has 1 aromatic rings. The van der Waals surface area contributed by atoms with E-state index in [2.05, 4.69) is 17.1 Å². The number of anilines is 1.